The number of allylic oxidation sites excluding steroid dienone is 1. The molecule has 76 valence electrons. The van der Waals surface area contributed by atoms with Gasteiger partial charge in [0.2, 0.25) is 0 Å². The molecule has 13 heavy (non-hydrogen) atoms. The molecular formula is C11H25BSn. The monoisotopic (exact) mass is 288 g/mol. The summed E-state index contributed by atoms with van der Waals surface area (Å²) in [6.07, 6.45) is 5.12. The Balaban J connectivity index is 4.12. The van der Waals surface area contributed by atoms with Crippen molar-refractivity contribution >= 4 is 25.1 Å². The molecule has 0 aliphatic rings. The number of hydrogen-bond donors (Lipinski definition) is 0. The van der Waals surface area contributed by atoms with E-state index in [0.29, 0.717) is 0 Å². The van der Waals surface area contributed by atoms with Gasteiger partial charge < -0.3 is 0 Å². The molecule has 0 fully saturated rings. The van der Waals surface area contributed by atoms with Crippen molar-refractivity contribution in [3.8, 4) is 0 Å². The topological polar surface area (TPSA) is 0 Å². The van der Waals surface area contributed by atoms with Gasteiger partial charge in [0.15, 0.2) is 0 Å². The van der Waals surface area contributed by atoms with Gasteiger partial charge in [-0.3, -0.25) is 0 Å². The van der Waals surface area contributed by atoms with Gasteiger partial charge in [-0.2, -0.15) is 0 Å². The van der Waals surface area contributed by atoms with E-state index < -0.39 is 18.4 Å². The molecule has 1 unspecified atom stereocenters. The zero-order chi connectivity index (χ0) is 10.5. The van der Waals surface area contributed by atoms with E-state index in [9.17, 15) is 0 Å². The average molecular weight is 287 g/mol. The summed E-state index contributed by atoms with van der Waals surface area (Å²) < 4.78 is 2.55. The summed E-state index contributed by atoms with van der Waals surface area (Å²) in [5, 5.41) is 0. The van der Waals surface area contributed by atoms with Crippen LogP contribution < -0.4 is 0 Å². The minimum atomic E-state index is -1.64. The summed E-state index contributed by atoms with van der Waals surface area (Å²) in [4.78, 5) is 7.39. The Labute approximate surface area is 89.1 Å². The summed E-state index contributed by atoms with van der Waals surface area (Å²) in [6, 6.07) is 0. The summed E-state index contributed by atoms with van der Waals surface area (Å²) >= 11 is -1.64. The number of rotatable bonds is 5. The maximum atomic E-state index is 2.55. The molecule has 0 aromatic heterocycles. The van der Waals surface area contributed by atoms with Gasteiger partial charge in [0.05, 0.1) is 0 Å². The summed E-state index contributed by atoms with van der Waals surface area (Å²) in [7, 11) is 0. The second-order valence-electron chi connectivity index (χ2n) is 5.16. The van der Waals surface area contributed by atoms with Crippen LogP contribution in [0.3, 0.4) is 0 Å². The van der Waals surface area contributed by atoms with Crippen molar-refractivity contribution in [3.63, 3.8) is 0 Å². The Bertz CT molecular complexity index is 154. The van der Waals surface area contributed by atoms with E-state index in [4.69, 9.17) is 0 Å². The molecule has 0 aliphatic carbocycles. The minimum absolute atomic E-state index is 0.783. The molecule has 0 spiro atoms. The van der Waals surface area contributed by atoms with Crippen LogP contribution in [0.15, 0.2) is 10.2 Å². The Morgan fingerprint density at radius 2 is 1.62 bits per heavy atom. The van der Waals surface area contributed by atoms with E-state index in [1.165, 1.54) is 12.6 Å². The van der Waals surface area contributed by atoms with Crippen LogP contribution in [0.4, 0.5) is 0 Å². The standard InChI is InChI=1S/C8H16B.3CH3.Sn/c1-5-8(4)9(6-2)7-3;;;;/h1,5,8H,6-7H2,2-4H3;3*1H3;. The molecule has 0 aliphatic heterocycles. The van der Waals surface area contributed by atoms with Gasteiger partial charge in [-0.15, -0.1) is 0 Å². The fourth-order valence-electron chi connectivity index (χ4n) is 1.63. The third kappa shape index (κ3) is 6.64. The first kappa shape index (κ1) is 13.6. The van der Waals surface area contributed by atoms with Crippen molar-refractivity contribution in [2.45, 2.75) is 54.0 Å². The van der Waals surface area contributed by atoms with Crippen LogP contribution in [0, 0.1) is 0 Å². The molecule has 0 heterocycles. The second-order valence-corrected chi connectivity index (χ2v) is 19.6. The van der Waals surface area contributed by atoms with Gasteiger partial charge in [-0.1, -0.05) is 0 Å². The maximum absolute atomic E-state index is 2.55. The number of hydrogen-bond acceptors (Lipinski definition) is 0. The SMILES string of the molecule is CCB(CC)C(C)/C=[CH]/[Sn]([CH3])([CH3])[CH3]. The van der Waals surface area contributed by atoms with Crippen LogP contribution >= 0.6 is 0 Å². The Morgan fingerprint density at radius 1 is 1.15 bits per heavy atom. The van der Waals surface area contributed by atoms with E-state index in [0.717, 1.165) is 12.5 Å². The first-order valence-corrected chi connectivity index (χ1v) is 15.8. The van der Waals surface area contributed by atoms with Crippen LogP contribution in [-0.4, -0.2) is 25.1 Å². The molecule has 0 N–H and O–H groups in total. The van der Waals surface area contributed by atoms with Gasteiger partial charge in [0.25, 0.3) is 0 Å². The predicted molar refractivity (Wildman–Crippen MR) is 68.6 cm³/mol. The Kier molecular flexibility index (Phi) is 6.44. The molecule has 0 radical (unpaired) electrons. The molecule has 1 atom stereocenters. The average Bonchev–Trinajstić information content (AvgIpc) is 2.02. The molecule has 0 amide bonds. The van der Waals surface area contributed by atoms with Gasteiger partial charge in [-0.25, -0.2) is 0 Å². The molecule has 0 saturated heterocycles. The van der Waals surface area contributed by atoms with Crippen molar-refractivity contribution in [1.82, 2.24) is 0 Å². The zero-order valence-electron chi connectivity index (χ0n) is 10.2. The van der Waals surface area contributed by atoms with Crippen molar-refractivity contribution in [3.05, 3.63) is 10.2 Å². The van der Waals surface area contributed by atoms with Crippen molar-refractivity contribution in [2.24, 2.45) is 0 Å². The summed E-state index contributed by atoms with van der Waals surface area (Å²) in [5.74, 6) is 0.783. The molecular weight excluding hydrogens is 262 g/mol. The molecule has 0 rings (SSSR count). The van der Waals surface area contributed by atoms with Crippen molar-refractivity contribution < 1.29 is 0 Å². The van der Waals surface area contributed by atoms with Gasteiger partial charge in [-0.05, 0) is 0 Å². The van der Waals surface area contributed by atoms with Crippen LogP contribution in [0.25, 0.3) is 0 Å². The van der Waals surface area contributed by atoms with E-state index in [-0.39, 0.29) is 0 Å². The van der Waals surface area contributed by atoms with Crippen LogP contribution in [0.1, 0.15) is 20.8 Å². The first-order chi connectivity index (χ1) is 5.90. The fraction of sp³-hybridized carbons (Fsp3) is 0.818. The second kappa shape index (κ2) is 6.16. The van der Waals surface area contributed by atoms with Crippen molar-refractivity contribution in [1.29, 1.82) is 0 Å². The Morgan fingerprint density at radius 3 is 1.92 bits per heavy atom. The molecule has 0 nitrogen and oxygen atoms in total. The van der Waals surface area contributed by atoms with Gasteiger partial charge >= 0.3 is 89.3 Å². The summed E-state index contributed by atoms with van der Waals surface area (Å²) in [6.45, 7) is 7.87. The predicted octanol–water partition coefficient (Wildman–Crippen LogP) is 4.34. The molecule has 0 bridgehead atoms. The summed E-state index contributed by atoms with van der Waals surface area (Å²) in [5.41, 5.74) is 0. The molecule has 2 heteroatoms. The van der Waals surface area contributed by atoms with Crippen molar-refractivity contribution in [2.75, 3.05) is 0 Å². The molecule has 0 aromatic carbocycles. The van der Waals surface area contributed by atoms with Crippen LogP contribution in [0.2, 0.25) is 33.3 Å². The normalized spacial score (nSPS) is 14.9. The Hall–Kier alpha value is 0.604. The molecule has 0 saturated carbocycles. The quantitative estimate of drug-likeness (QED) is 0.659. The van der Waals surface area contributed by atoms with E-state index in [1.807, 2.05) is 0 Å². The van der Waals surface area contributed by atoms with Gasteiger partial charge in [0.1, 0.15) is 0 Å². The van der Waals surface area contributed by atoms with E-state index in [1.54, 1.807) is 0 Å². The molecule has 0 aromatic rings. The van der Waals surface area contributed by atoms with Gasteiger partial charge in [0, 0.05) is 0 Å². The zero-order valence-corrected chi connectivity index (χ0v) is 13.1. The van der Waals surface area contributed by atoms with Crippen LogP contribution in [-0.2, 0) is 0 Å². The fourth-order valence-corrected chi connectivity index (χ4v) is 4.14. The first-order valence-electron chi connectivity index (χ1n) is 5.60. The van der Waals surface area contributed by atoms with E-state index in [2.05, 4.69) is 45.8 Å². The third-order valence-corrected chi connectivity index (χ3v) is 6.10. The van der Waals surface area contributed by atoms with Crippen LogP contribution in [0.5, 0.6) is 0 Å². The van der Waals surface area contributed by atoms with E-state index >= 15 is 0 Å². The third-order valence-electron chi connectivity index (χ3n) is 2.69.